The third-order valence-corrected chi connectivity index (χ3v) is 4.96. The molecule has 0 atom stereocenters. The summed E-state index contributed by atoms with van der Waals surface area (Å²) in [6.07, 6.45) is -2.69. The molecule has 3 rings (SSSR count). The molecule has 3 aromatic rings. The molecule has 0 radical (unpaired) electrons. The Morgan fingerprint density at radius 3 is 2.77 bits per heavy atom. The predicted octanol–water partition coefficient (Wildman–Crippen LogP) is 5.49. The summed E-state index contributed by atoms with van der Waals surface area (Å²) < 4.78 is 39.0. The zero-order valence-corrected chi connectivity index (χ0v) is 13.1. The number of thiazole rings is 1. The van der Waals surface area contributed by atoms with E-state index >= 15 is 0 Å². The number of hydrogen-bond acceptors (Lipinski definition) is 4. The third kappa shape index (κ3) is 2.96. The molecule has 0 fully saturated rings. The van der Waals surface area contributed by atoms with Gasteiger partial charge >= 0.3 is 6.18 Å². The molecule has 7 heteroatoms. The molecule has 1 aromatic carbocycles. The highest BCUT2D eigenvalue weighted by molar-refractivity contribution is 7.99. The molecule has 2 heterocycles. The van der Waals surface area contributed by atoms with Gasteiger partial charge in [-0.3, -0.25) is 4.98 Å². The lowest BCUT2D eigenvalue weighted by atomic mass is 10.2. The minimum atomic E-state index is -4.35. The van der Waals surface area contributed by atoms with Crippen LogP contribution in [-0.4, -0.2) is 15.7 Å². The van der Waals surface area contributed by atoms with E-state index in [4.69, 9.17) is 0 Å². The SMILES string of the molecule is CCSc1cccnc1-c1nc2cc(C(F)(F)F)ccc2s1. The zero-order chi connectivity index (χ0) is 15.7. The summed E-state index contributed by atoms with van der Waals surface area (Å²) in [6, 6.07) is 7.44. The fourth-order valence-corrected chi connectivity index (χ4v) is 3.82. The van der Waals surface area contributed by atoms with Gasteiger partial charge in [0.05, 0.1) is 15.8 Å². The second-order valence-corrected chi connectivity index (χ2v) is 6.82. The number of halogens is 3. The number of nitrogens with zero attached hydrogens (tertiary/aromatic N) is 2. The Morgan fingerprint density at radius 1 is 1.23 bits per heavy atom. The molecule has 0 spiro atoms. The van der Waals surface area contributed by atoms with Gasteiger partial charge in [-0.25, -0.2) is 4.98 Å². The smallest absolute Gasteiger partial charge is 0.253 e. The van der Waals surface area contributed by atoms with Crippen LogP contribution >= 0.6 is 23.1 Å². The molecule has 2 aromatic heterocycles. The molecule has 0 saturated heterocycles. The van der Waals surface area contributed by atoms with Crippen molar-refractivity contribution in [2.24, 2.45) is 0 Å². The molecule has 114 valence electrons. The van der Waals surface area contributed by atoms with Crippen molar-refractivity contribution in [3.8, 4) is 10.7 Å². The van der Waals surface area contributed by atoms with Gasteiger partial charge in [-0.1, -0.05) is 6.92 Å². The van der Waals surface area contributed by atoms with E-state index in [1.165, 1.54) is 17.4 Å². The van der Waals surface area contributed by atoms with E-state index in [-0.39, 0.29) is 0 Å². The van der Waals surface area contributed by atoms with Gasteiger partial charge in [-0.15, -0.1) is 23.1 Å². The average Bonchev–Trinajstić information content (AvgIpc) is 2.90. The van der Waals surface area contributed by atoms with E-state index in [1.807, 2.05) is 19.1 Å². The van der Waals surface area contributed by atoms with E-state index in [2.05, 4.69) is 9.97 Å². The van der Waals surface area contributed by atoms with Crippen LogP contribution in [-0.2, 0) is 6.18 Å². The van der Waals surface area contributed by atoms with Crippen molar-refractivity contribution in [2.45, 2.75) is 18.0 Å². The number of benzene rings is 1. The highest BCUT2D eigenvalue weighted by atomic mass is 32.2. The van der Waals surface area contributed by atoms with Crippen LogP contribution in [0.2, 0.25) is 0 Å². The Hall–Kier alpha value is -1.60. The van der Waals surface area contributed by atoms with Crippen molar-refractivity contribution < 1.29 is 13.2 Å². The Balaban J connectivity index is 2.09. The number of hydrogen-bond donors (Lipinski definition) is 0. The highest BCUT2D eigenvalue weighted by Crippen LogP contribution is 2.37. The second kappa shape index (κ2) is 5.89. The van der Waals surface area contributed by atoms with Gasteiger partial charge in [0.2, 0.25) is 0 Å². The van der Waals surface area contributed by atoms with Crippen molar-refractivity contribution in [2.75, 3.05) is 5.75 Å². The van der Waals surface area contributed by atoms with Gasteiger partial charge in [0.15, 0.2) is 0 Å². The fourth-order valence-electron chi connectivity index (χ4n) is 2.03. The summed E-state index contributed by atoms with van der Waals surface area (Å²) in [5.74, 6) is 0.891. The molecule has 0 aliphatic rings. The van der Waals surface area contributed by atoms with Gasteiger partial charge in [0, 0.05) is 11.1 Å². The number of alkyl halides is 3. The van der Waals surface area contributed by atoms with Crippen LogP contribution in [0.25, 0.3) is 20.9 Å². The largest absolute Gasteiger partial charge is 0.416 e. The Kier molecular flexibility index (Phi) is 4.10. The molecular weight excluding hydrogens is 329 g/mol. The first-order valence-electron chi connectivity index (χ1n) is 6.55. The van der Waals surface area contributed by atoms with Gasteiger partial charge in [-0.2, -0.15) is 13.2 Å². The molecule has 22 heavy (non-hydrogen) atoms. The Morgan fingerprint density at radius 2 is 2.05 bits per heavy atom. The molecule has 0 saturated carbocycles. The lowest BCUT2D eigenvalue weighted by Crippen LogP contribution is -2.03. The average molecular weight is 340 g/mol. The normalized spacial score (nSPS) is 12.0. The summed E-state index contributed by atoms with van der Waals surface area (Å²) in [5.41, 5.74) is 0.401. The number of thioether (sulfide) groups is 1. The van der Waals surface area contributed by atoms with E-state index in [0.717, 1.165) is 33.2 Å². The minimum Gasteiger partial charge on any atom is -0.253 e. The zero-order valence-electron chi connectivity index (χ0n) is 11.5. The van der Waals surface area contributed by atoms with Crippen molar-refractivity contribution in [1.82, 2.24) is 9.97 Å². The van der Waals surface area contributed by atoms with Gasteiger partial charge < -0.3 is 0 Å². The van der Waals surface area contributed by atoms with E-state index in [0.29, 0.717) is 10.5 Å². The number of rotatable bonds is 3. The number of pyridine rings is 1. The van der Waals surface area contributed by atoms with Gasteiger partial charge in [0.25, 0.3) is 0 Å². The maximum atomic E-state index is 12.8. The summed E-state index contributed by atoms with van der Waals surface area (Å²) in [4.78, 5) is 9.67. The molecule has 2 nitrogen and oxygen atoms in total. The van der Waals surface area contributed by atoms with Crippen LogP contribution in [0.1, 0.15) is 12.5 Å². The summed E-state index contributed by atoms with van der Waals surface area (Å²) >= 11 is 2.99. The molecule has 0 bridgehead atoms. The van der Waals surface area contributed by atoms with Crippen molar-refractivity contribution >= 4 is 33.3 Å². The van der Waals surface area contributed by atoms with Gasteiger partial charge in [-0.05, 0) is 36.1 Å². The summed E-state index contributed by atoms with van der Waals surface area (Å²) in [5, 5.41) is 0.644. The second-order valence-electron chi connectivity index (χ2n) is 4.48. The highest BCUT2D eigenvalue weighted by Gasteiger charge is 2.30. The Labute approximate surface area is 133 Å². The minimum absolute atomic E-state index is 0.355. The quantitative estimate of drug-likeness (QED) is 0.590. The van der Waals surface area contributed by atoms with Crippen molar-refractivity contribution in [1.29, 1.82) is 0 Å². The Bertz CT molecular complexity index is 812. The standard InChI is InChI=1S/C15H11F3N2S2/c1-2-21-12-4-3-7-19-13(12)14-20-10-8-9(15(16,17)18)5-6-11(10)22-14/h3-8H,2H2,1H3. The summed E-state index contributed by atoms with van der Waals surface area (Å²) in [7, 11) is 0. The first-order valence-corrected chi connectivity index (χ1v) is 8.35. The van der Waals surface area contributed by atoms with Crippen LogP contribution in [0.15, 0.2) is 41.4 Å². The van der Waals surface area contributed by atoms with Crippen molar-refractivity contribution in [3.63, 3.8) is 0 Å². The lowest BCUT2D eigenvalue weighted by Gasteiger charge is -2.04. The van der Waals surface area contributed by atoms with E-state index in [9.17, 15) is 13.2 Å². The third-order valence-electron chi connectivity index (χ3n) is 2.99. The molecule has 0 N–H and O–H groups in total. The number of aromatic nitrogens is 2. The molecule has 0 unspecified atom stereocenters. The van der Waals surface area contributed by atoms with Crippen molar-refractivity contribution in [3.05, 3.63) is 42.1 Å². The lowest BCUT2D eigenvalue weighted by molar-refractivity contribution is -0.137. The molecule has 0 amide bonds. The van der Waals surface area contributed by atoms with Gasteiger partial charge in [0.1, 0.15) is 10.7 Å². The first kappa shape index (κ1) is 15.3. The van der Waals surface area contributed by atoms with Crippen LogP contribution in [0, 0.1) is 0 Å². The maximum absolute atomic E-state index is 12.8. The maximum Gasteiger partial charge on any atom is 0.416 e. The van der Waals surface area contributed by atoms with Crippen LogP contribution in [0.3, 0.4) is 0 Å². The predicted molar refractivity (Wildman–Crippen MR) is 84.3 cm³/mol. The number of fused-ring (bicyclic) bond motifs is 1. The first-order chi connectivity index (χ1) is 10.5. The van der Waals surface area contributed by atoms with Crippen LogP contribution in [0.5, 0.6) is 0 Å². The monoisotopic (exact) mass is 340 g/mol. The van der Waals surface area contributed by atoms with E-state index in [1.54, 1.807) is 18.0 Å². The fraction of sp³-hybridized carbons (Fsp3) is 0.200. The molecule has 0 aliphatic heterocycles. The molecule has 0 aliphatic carbocycles. The van der Waals surface area contributed by atoms with Crippen LogP contribution < -0.4 is 0 Å². The van der Waals surface area contributed by atoms with E-state index < -0.39 is 11.7 Å². The molecular formula is C15H11F3N2S2. The van der Waals surface area contributed by atoms with Crippen LogP contribution in [0.4, 0.5) is 13.2 Å². The topological polar surface area (TPSA) is 25.8 Å². The summed E-state index contributed by atoms with van der Waals surface area (Å²) in [6.45, 7) is 2.04.